The van der Waals surface area contributed by atoms with Gasteiger partial charge in [-0.15, -0.1) is 0 Å². The summed E-state index contributed by atoms with van der Waals surface area (Å²) in [5, 5.41) is 2.38. The summed E-state index contributed by atoms with van der Waals surface area (Å²) in [6.07, 6.45) is 0. The first-order valence-corrected chi connectivity index (χ1v) is 6.03. The largest absolute Gasteiger partial charge is 0.325 e. The minimum absolute atomic E-state index is 0.100. The van der Waals surface area contributed by atoms with Crippen LogP contribution in [0.4, 0.5) is 5.69 Å². The van der Waals surface area contributed by atoms with Crippen molar-refractivity contribution in [1.29, 1.82) is 0 Å². The Morgan fingerprint density at radius 1 is 1.36 bits per heavy atom. The highest BCUT2D eigenvalue weighted by atomic mass is 35.7. The Morgan fingerprint density at radius 3 is 2.43 bits per heavy atom. The molecule has 1 rings (SSSR count). The van der Waals surface area contributed by atoms with Crippen molar-refractivity contribution < 1.29 is 13.2 Å². The van der Waals surface area contributed by atoms with E-state index in [0.29, 0.717) is 0 Å². The molecule has 1 aromatic rings. The molecule has 4 nitrogen and oxygen atoms in total. The minimum atomic E-state index is -3.82. The fourth-order valence-corrected chi connectivity index (χ4v) is 2.00. The maximum Gasteiger partial charge on any atom is 0.263 e. The van der Waals surface area contributed by atoms with Gasteiger partial charge in [-0.2, -0.15) is 0 Å². The van der Waals surface area contributed by atoms with Gasteiger partial charge in [-0.05, 0) is 12.1 Å². The quantitative estimate of drug-likeness (QED) is 0.789. The Hall–Kier alpha value is -1.07. The van der Waals surface area contributed by atoms with Gasteiger partial charge in [0.25, 0.3) is 9.05 Å². The van der Waals surface area contributed by atoms with E-state index in [2.05, 4.69) is 5.32 Å². The van der Waals surface area contributed by atoms with Crippen LogP contribution < -0.4 is 5.32 Å². The third kappa shape index (κ3) is 2.71. The third-order valence-electron chi connectivity index (χ3n) is 1.46. The summed E-state index contributed by atoms with van der Waals surface area (Å²) < 4.78 is 22.1. The van der Waals surface area contributed by atoms with Gasteiger partial charge in [-0.1, -0.05) is 12.1 Å². The standard InChI is InChI=1S/C8H8ClNO3S/c1-6(11)10-7-4-2-3-5-8(7)14(9,12)13/h2-5H,1H3,(H,10,11). The number of halogens is 1. The molecule has 0 unspecified atom stereocenters. The summed E-state index contributed by atoms with van der Waals surface area (Å²) in [6.45, 7) is 1.29. The molecule has 0 atom stereocenters. The second-order valence-corrected chi connectivity index (χ2v) is 5.15. The van der Waals surface area contributed by atoms with Crippen molar-refractivity contribution >= 4 is 31.3 Å². The van der Waals surface area contributed by atoms with E-state index in [1.807, 2.05) is 0 Å². The van der Waals surface area contributed by atoms with Crippen LogP contribution in [0.1, 0.15) is 6.92 Å². The second-order valence-electron chi connectivity index (χ2n) is 2.62. The van der Waals surface area contributed by atoms with Gasteiger partial charge >= 0.3 is 0 Å². The van der Waals surface area contributed by atoms with Gasteiger partial charge in [0.1, 0.15) is 4.90 Å². The van der Waals surface area contributed by atoms with Crippen LogP contribution in [0.15, 0.2) is 29.2 Å². The third-order valence-corrected chi connectivity index (χ3v) is 2.84. The predicted octanol–water partition coefficient (Wildman–Crippen LogP) is 1.57. The van der Waals surface area contributed by atoms with E-state index < -0.39 is 9.05 Å². The average Bonchev–Trinajstić information content (AvgIpc) is 2.01. The number of para-hydroxylation sites is 1. The fourth-order valence-electron chi connectivity index (χ4n) is 0.972. The summed E-state index contributed by atoms with van der Waals surface area (Å²) in [5.41, 5.74) is 0.190. The molecule has 0 aliphatic rings. The van der Waals surface area contributed by atoms with Crippen LogP contribution in [0.3, 0.4) is 0 Å². The zero-order valence-corrected chi connectivity index (χ0v) is 8.89. The van der Waals surface area contributed by atoms with E-state index in [9.17, 15) is 13.2 Å². The van der Waals surface area contributed by atoms with Gasteiger partial charge in [0.05, 0.1) is 5.69 Å². The molecular weight excluding hydrogens is 226 g/mol. The van der Waals surface area contributed by atoms with Gasteiger partial charge in [0.15, 0.2) is 0 Å². The van der Waals surface area contributed by atoms with E-state index in [4.69, 9.17) is 10.7 Å². The van der Waals surface area contributed by atoms with Crippen molar-refractivity contribution in [2.45, 2.75) is 11.8 Å². The number of carbonyl (C=O) groups excluding carboxylic acids is 1. The zero-order valence-electron chi connectivity index (χ0n) is 7.32. The minimum Gasteiger partial charge on any atom is -0.325 e. The summed E-state index contributed by atoms with van der Waals surface area (Å²) >= 11 is 0. The smallest absolute Gasteiger partial charge is 0.263 e. The lowest BCUT2D eigenvalue weighted by atomic mass is 10.3. The lowest BCUT2D eigenvalue weighted by Crippen LogP contribution is -2.08. The Balaban J connectivity index is 3.23. The van der Waals surface area contributed by atoms with E-state index in [-0.39, 0.29) is 16.5 Å². The number of carbonyl (C=O) groups is 1. The molecule has 0 saturated carbocycles. The van der Waals surface area contributed by atoms with Gasteiger partial charge in [0.2, 0.25) is 5.91 Å². The van der Waals surface area contributed by atoms with E-state index in [0.717, 1.165) is 0 Å². The van der Waals surface area contributed by atoms with Crippen LogP contribution in [0, 0.1) is 0 Å². The molecule has 0 spiro atoms. The van der Waals surface area contributed by atoms with Gasteiger partial charge in [-0.25, -0.2) is 8.42 Å². The van der Waals surface area contributed by atoms with Crippen LogP contribution >= 0.6 is 10.7 Å². The molecule has 6 heteroatoms. The Kier molecular flexibility index (Phi) is 3.13. The number of nitrogens with one attached hydrogen (secondary N) is 1. The molecule has 0 fully saturated rings. The number of hydrogen-bond donors (Lipinski definition) is 1. The highest BCUT2D eigenvalue weighted by Gasteiger charge is 2.15. The van der Waals surface area contributed by atoms with E-state index in [1.165, 1.54) is 25.1 Å². The van der Waals surface area contributed by atoms with Gasteiger partial charge in [0, 0.05) is 17.6 Å². The molecule has 14 heavy (non-hydrogen) atoms. The summed E-state index contributed by atoms with van der Waals surface area (Å²) in [5.74, 6) is -0.349. The van der Waals surface area contributed by atoms with Crippen molar-refractivity contribution in [2.75, 3.05) is 5.32 Å². The highest BCUT2D eigenvalue weighted by Crippen LogP contribution is 2.23. The van der Waals surface area contributed by atoms with Crippen LogP contribution in [0.2, 0.25) is 0 Å². The number of rotatable bonds is 2. The molecule has 0 radical (unpaired) electrons. The van der Waals surface area contributed by atoms with Crippen molar-refractivity contribution in [2.24, 2.45) is 0 Å². The van der Waals surface area contributed by atoms with E-state index in [1.54, 1.807) is 6.07 Å². The van der Waals surface area contributed by atoms with Crippen LogP contribution in [0.5, 0.6) is 0 Å². The summed E-state index contributed by atoms with van der Waals surface area (Å²) in [4.78, 5) is 10.6. The zero-order chi connectivity index (χ0) is 10.8. The normalized spacial score (nSPS) is 11.0. The highest BCUT2D eigenvalue weighted by molar-refractivity contribution is 8.13. The number of amides is 1. The van der Waals surface area contributed by atoms with Crippen molar-refractivity contribution in [1.82, 2.24) is 0 Å². The van der Waals surface area contributed by atoms with E-state index >= 15 is 0 Å². The maximum absolute atomic E-state index is 11.0. The Bertz CT molecular complexity index is 455. The lowest BCUT2D eigenvalue weighted by Gasteiger charge is -2.05. The van der Waals surface area contributed by atoms with Crippen molar-refractivity contribution in [3.8, 4) is 0 Å². The molecule has 0 bridgehead atoms. The molecule has 0 heterocycles. The van der Waals surface area contributed by atoms with Gasteiger partial charge in [-0.3, -0.25) is 4.79 Å². The summed E-state index contributed by atoms with van der Waals surface area (Å²) in [6, 6.07) is 5.93. The summed E-state index contributed by atoms with van der Waals surface area (Å²) in [7, 11) is 1.35. The maximum atomic E-state index is 11.0. The molecule has 0 aliphatic carbocycles. The fraction of sp³-hybridized carbons (Fsp3) is 0.125. The molecule has 0 aliphatic heterocycles. The molecule has 76 valence electrons. The first-order chi connectivity index (χ1) is 6.41. The van der Waals surface area contributed by atoms with Crippen molar-refractivity contribution in [3.05, 3.63) is 24.3 Å². The lowest BCUT2D eigenvalue weighted by molar-refractivity contribution is -0.114. The molecule has 1 aromatic carbocycles. The Morgan fingerprint density at radius 2 is 1.93 bits per heavy atom. The van der Waals surface area contributed by atoms with Crippen molar-refractivity contribution in [3.63, 3.8) is 0 Å². The van der Waals surface area contributed by atoms with Crippen LogP contribution in [-0.4, -0.2) is 14.3 Å². The second kappa shape index (κ2) is 3.98. The number of hydrogen-bond acceptors (Lipinski definition) is 3. The van der Waals surface area contributed by atoms with Crippen LogP contribution in [0.25, 0.3) is 0 Å². The monoisotopic (exact) mass is 233 g/mol. The predicted molar refractivity (Wildman–Crippen MR) is 53.8 cm³/mol. The van der Waals surface area contributed by atoms with Gasteiger partial charge < -0.3 is 5.32 Å². The Labute approximate surface area is 86.3 Å². The molecule has 0 aromatic heterocycles. The van der Waals surface area contributed by atoms with Crippen LogP contribution in [-0.2, 0) is 13.8 Å². The number of anilines is 1. The first-order valence-electron chi connectivity index (χ1n) is 3.72. The number of benzene rings is 1. The molecular formula is C8H8ClNO3S. The molecule has 1 amide bonds. The SMILES string of the molecule is CC(=O)Nc1ccccc1S(=O)(=O)Cl. The topological polar surface area (TPSA) is 63.2 Å². The first kappa shape index (κ1) is 11.0. The molecule has 0 saturated heterocycles. The molecule has 1 N–H and O–H groups in total. The average molecular weight is 234 g/mol.